The molecule has 0 aliphatic carbocycles. The van der Waals surface area contributed by atoms with Crippen LogP contribution in [0, 0.1) is 0 Å². The highest BCUT2D eigenvalue weighted by molar-refractivity contribution is 5.75. The highest BCUT2D eigenvalue weighted by Crippen LogP contribution is 2.16. The van der Waals surface area contributed by atoms with E-state index in [1.807, 2.05) is 36.0 Å². The van der Waals surface area contributed by atoms with Gasteiger partial charge < -0.3 is 5.32 Å². The summed E-state index contributed by atoms with van der Waals surface area (Å²) in [6.07, 6.45) is 0. The molecule has 1 heterocycles. The van der Waals surface area contributed by atoms with Crippen LogP contribution in [0.5, 0.6) is 0 Å². The molecule has 3 rings (SSSR count). The summed E-state index contributed by atoms with van der Waals surface area (Å²) in [7, 11) is 1.94. The zero-order valence-electron chi connectivity index (χ0n) is 10.2. The van der Waals surface area contributed by atoms with Gasteiger partial charge in [0.25, 0.3) is 0 Å². The topological polar surface area (TPSA) is 42.7 Å². The van der Waals surface area contributed by atoms with Crippen LogP contribution in [-0.4, -0.2) is 22.0 Å². The van der Waals surface area contributed by atoms with Crippen molar-refractivity contribution in [2.75, 3.05) is 7.05 Å². The van der Waals surface area contributed by atoms with E-state index in [9.17, 15) is 0 Å². The molecule has 4 heteroatoms. The molecule has 0 aliphatic rings. The second-order valence-electron chi connectivity index (χ2n) is 4.19. The summed E-state index contributed by atoms with van der Waals surface area (Å²) in [5.74, 6) is 0. The van der Waals surface area contributed by atoms with Gasteiger partial charge >= 0.3 is 0 Å². The van der Waals surface area contributed by atoms with Crippen molar-refractivity contribution in [1.29, 1.82) is 0 Å². The molecule has 0 saturated heterocycles. The van der Waals surface area contributed by atoms with Crippen molar-refractivity contribution >= 4 is 11.0 Å². The minimum absolute atomic E-state index is 0.873. The fourth-order valence-electron chi connectivity index (χ4n) is 2.02. The summed E-state index contributed by atoms with van der Waals surface area (Å²) in [6, 6.07) is 16.3. The molecular formula is C14H14N4. The van der Waals surface area contributed by atoms with Gasteiger partial charge in [-0.3, -0.25) is 0 Å². The molecule has 1 N–H and O–H groups in total. The van der Waals surface area contributed by atoms with Crippen LogP contribution >= 0.6 is 0 Å². The van der Waals surface area contributed by atoms with Crippen molar-refractivity contribution in [3.8, 4) is 5.69 Å². The smallest absolute Gasteiger partial charge is 0.113 e. The third-order valence-corrected chi connectivity index (χ3v) is 2.91. The van der Waals surface area contributed by atoms with Crippen LogP contribution in [0.25, 0.3) is 16.7 Å². The van der Waals surface area contributed by atoms with E-state index in [2.05, 4.69) is 39.9 Å². The number of para-hydroxylation sites is 1. The number of hydrogen-bond acceptors (Lipinski definition) is 3. The van der Waals surface area contributed by atoms with Crippen LogP contribution < -0.4 is 5.32 Å². The summed E-state index contributed by atoms with van der Waals surface area (Å²) < 4.78 is 1.86. The molecule has 0 radical (unpaired) electrons. The lowest BCUT2D eigenvalue weighted by molar-refractivity contribution is 0.808. The average Bonchev–Trinajstić information content (AvgIpc) is 2.84. The van der Waals surface area contributed by atoms with Gasteiger partial charge in [-0.25, -0.2) is 4.68 Å². The molecule has 0 bridgehead atoms. The molecule has 0 unspecified atom stereocenters. The standard InChI is InChI=1S/C14H14N4/c1-15-10-11-6-8-12(9-7-11)18-14-5-3-2-4-13(14)16-17-18/h2-9,15H,10H2,1H3. The van der Waals surface area contributed by atoms with E-state index in [1.54, 1.807) is 0 Å². The third-order valence-electron chi connectivity index (χ3n) is 2.91. The van der Waals surface area contributed by atoms with Gasteiger partial charge in [-0.1, -0.05) is 29.5 Å². The Hall–Kier alpha value is -2.20. The zero-order valence-corrected chi connectivity index (χ0v) is 10.2. The molecule has 2 aromatic carbocycles. The number of aromatic nitrogens is 3. The number of fused-ring (bicyclic) bond motifs is 1. The summed E-state index contributed by atoms with van der Waals surface area (Å²) in [6.45, 7) is 0.873. The van der Waals surface area contributed by atoms with Crippen molar-refractivity contribution in [2.45, 2.75) is 6.54 Å². The predicted molar refractivity (Wildman–Crippen MR) is 71.6 cm³/mol. The van der Waals surface area contributed by atoms with Crippen LogP contribution in [0.15, 0.2) is 48.5 Å². The van der Waals surface area contributed by atoms with E-state index in [-0.39, 0.29) is 0 Å². The molecule has 0 atom stereocenters. The Kier molecular flexibility index (Phi) is 2.78. The number of nitrogens with one attached hydrogen (secondary N) is 1. The second kappa shape index (κ2) is 4.58. The van der Waals surface area contributed by atoms with Crippen LogP contribution in [0.1, 0.15) is 5.56 Å². The van der Waals surface area contributed by atoms with Crippen molar-refractivity contribution < 1.29 is 0 Å². The first-order chi connectivity index (χ1) is 8.88. The van der Waals surface area contributed by atoms with Crippen molar-refractivity contribution in [3.05, 3.63) is 54.1 Å². The SMILES string of the molecule is CNCc1ccc(-n2nnc3ccccc32)cc1. The average molecular weight is 238 g/mol. The monoisotopic (exact) mass is 238 g/mol. The molecule has 4 nitrogen and oxygen atoms in total. The summed E-state index contributed by atoms with van der Waals surface area (Å²) in [4.78, 5) is 0. The van der Waals surface area contributed by atoms with Gasteiger partial charge in [-0.05, 0) is 36.9 Å². The predicted octanol–water partition coefficient (Wildman–Crippen LogP) is 2.14. The van der Waals surface area contributed by atoms with E-state index >= 15 is 0 Å². The lowest BCUT2D eigenvalue weighted by atomic mass is 10.2. The number of benzene rings is 2. The van der Waals surface area contributed by atoms with Gasteiger partial charge in [0.15, 0.2) is 0 Å². The molecule has 90 valence electrons. The molecule has 0 amide bonds. The first-order valence-electron chi connectivity index (χ1n) is 5.93. The molecule has 0 saturated carbocycles. The fourth-order valence-corrected chi connectivity index (χ4v) is 2.02. The van der Waals surface area contributed by atoms with E-state index < -0.39 is 0 Å². The third kappa shape index (κ3) is 1.87. The maximum atomic E-state index is 4.19. The molecule has 1 aromatic heterocycles. The molecule has 0 fully saturated rings. The molecule has 0 spiro atoms. The first-order valence-corrected chi connectivity index (χ1v) is 5.93. The maximum Gasteiger partial charge on any atom is 0.113 e. The largest absolute Gasteiger partial charge is 0.316 e. The quantitative estimate of drug-likeness (QED) is 0.760. The van der Waals surface area contributed by atoms with Crippen LogP contribution in [0.2, 0.25) is 0 Å². The summed E-state index contributed by atoms with van der Waals surface area (Å²) in [5.41, 5.74) is 4.23. The Morgan fingerprint density at radius 3 is 2.61 bits per heavy atom. The number of hydrogen-bond donors (Lipinski definition) is 1. The fraction of sp³-hybridized carbons (Fsp3) is 0.143. The van der Waals surface area contributed by atoms with E-state index in [0.717, 1.165) is 23.3 Å². The first kappa shape index (κ1) is 10.9. The van der Waals surface area contributed by atoms with Gasteiger partial charge in [0.05, 0.1) is 11.2 Å². The van der Waals surface area contributed by atoms with E-state index in [4.69, 9.17) is 0 Å². The van der Waals surface area contributed by atoms with Gasteiger partial charge in [-0.15, -0.1) is 5.10 Å². The number of rotatable bonds is 3. The van der Waals surface area contributed by atoms with E-state index in [1.165, 1.54) is 5.56 Å². The van der Waals surface area contributed by atoms with Gasteiger partial charge in [-0.2, -0.15) is 0 Å². The van der Waals surface area contributed by atoms with Crippen molar-refractivity contribution in [3.63, 3.8) is 0 Å². The highest BCUT2D eigenvalue weighted by atomic mass is 15.4. The van der Waals surface area contributed by atoms with Crippen LogP contribution in [0.4, 0.5) is 0 Å². The molecule has 18 heavy (non-hydrogen) atoms. The van der Waals surface area contributed by atoms with Crippen LogP contribution in [0.3, 0.4) is 0 Å². The normalized spacial score (nSPS) is 10.9. The zero-order chi connectivity index (χ0) is 12.4. The maximum absolute atomic E-state index is 4.19. The van der Waals surface area contributed by atoms with Gasteiger partial charge in [0, 0.05) is 6.54 Å². The van der Waals surface area contributed by atoms with Crippen molar-refractivity contribution in [1.82, 2.24) is 20.3 Å². The Morgan fingerprint density at radius 1 is 1.06 bits per heavy atom. The second-order valence-corrected chi connectivity index (χ2v) is 4.19. The molecular weight excluding hydrogens is 224 g/mol. The lowest BCUT2D eigenvalue weighted by Crippen LogP contribution is -2.05. The van der Waals surface area contributed by atoms with Gasteiger partial charge in [0.2, 0.25) is 0 Å². The summed E-state index contributed by atoms with van der Waals surface area (Å²) >= 11 is 0. The highest BCUT2D eigenvalue weighted by Gasteiger charge is 2.04. The van der Waals surface area contributed by atoms with E-state index in [0.29, 0.717) is 0 Å². The van der Waals surface area contributed by atoms with Crippen molar-refractivity contribution in [2.24, 2.45) is 0 Å². The minimum atomic E-state index is 0.873. The number of nitrogens with zero attached hydrogens (tertiary/aromatic N) is 3. The van der Waals surface area contributed by atoms with Gasteiger partial charge in [0.1, 0.15) is 5.52 Å². The molecule has 3 aromatic rings. The lowest BCUT2D eigenvalue weighted by Gasteiger charge is -2.04. The Bertz CT molecular complexity index is 655. The minimum Gasteiger partial charge on any atom is -0.316 e. The Morgan fingerprint density at radius 2 is 1.83 bits per heavy atom. The Labute approximate surface area is 105 Å². The molecule has 0 aliphatic heterocycles. The summed E-state index contributed by atoms with van der Waals surface area (Å²) in [5, 5.41) is 11.5. The Balaban J connectivity index is 2.03. The van der Waals surface area contributed by atoms with Crippen LogP contribution in [-0.2, 0) is 6.54 Å².